The van der Waals surface area contributed by atoms with E-state index in [1.165, 1.54) is 23.9 Å². The summed E-state index contributed by atoms with van der Waals surface area (Å²) < 4.78 is 37.2. The van der Waals surface area contributed by atoms with Gasteiger partial charge in [-0.25, -0.2) is 0 Å². The van der Waals surface area contributed by atoms with E-state index in [0.717, 1.165) is 21.9 Å². The number of hydrogen-bond donors (Lipinski definition) is 1. The Bertz CT molecular complexity index is 535. The van der Waals surface area contributed by atoms with Crippen LogP contribution in [0, 0.1) is 0 Å². The van der Waals surface area contributed by atoms with Crippen LogP contribution in [0.3, 0.4) is 0 Å². The highest BCUT2D eigenvalue weighted by atomic mass is 32.2. The molecular formula is C13H10F3NS. The van der Waals surface area contributed by atoms with E-state index in [2.05, 4.69) is 0 Å². The Kier molecular flexibility index (Phi) is 3.52. The molecule has 0 radical (unpaired) electrons. The number of benzene rings is 2. The number of para-hydroxylation sites is 1. The average Bonchev–Trinajstić information content (AvgIpc) is 2.32. The zero-order valence-electron chi connectivity index (χ0n) is 9.24. The second kappa shape index (κ2) is 4.94. The fourth-order valence-corrected chi connectivity index (χ4v) is 2.27. The van der Waals surface area contributed by atoms with Crippen molar-refractivity contribution < 1.29 is 13.2 Å². The number of rotatable bonds is 2. The standard InChI is InChI=1S/C13H10F3NS/c14-13(15,16)9-5-7-10(8-6-9)18-12-4-2-1-3-11(12)17/h1-8H,17H2. The first kappa shape index (κ1) is 12.8. The summed E-state index contributed by atoms with van der Waals surface area (Å²) in [5.74, 6) is 0. The number of nitrogen functional groups attached to an aromatic ring is 1. The second-order valence-corrected chi connectivity index (χ2v) is 4.78. The van der Waals surface area contributed by atoms with E-state index in [1.54, 1.807) is 6.07 Å². The Labute approximate surface area is 107 Å². The predicted octanol–water partition coefficient (Wildman–Crippen LogP) is 4.44. The van der Waals surface area contributed by atoms with Crippen molar-refractivity contribution in [3.63, 3.8) is 0 Å². The van der Waals surface area contributed by atoms with Crippen molar-refractivity contribution >= 4 is 17.4 Å². The van der Waals surface area contributed by atoms with Gasteiger partial charge in [0.2, 0.25) is 0 Å². The van der Waals surface area contributed by atoms with Gasteiger partial charge in [0.05, 0.1) is 5.56 Å². The molecule has 1 nitrogen and oxygen atoms in total. The van der Waals surface area contributed by atoms with Gasteiger partial charge in [0, 0.05) is 15.5 Å². The van der Waals surface area contributed by atoms with Crippen molar-refractivity contribution in [3.05, 3.63) is 54.1 Å². The van der Waals surface area contributed by atoms with Gasteiger partial charge in [0.1, 0.15) is 0 Å². The first-order chi connectivity index (χ1) is 8.47. The van der Waals surface area contributed by atoms with Crippen LogP contribution in [-0.4, -0.2) is 0 Å². The molecule has 0 aliphatic carbocycles. The lowest BCUT2D eigenvalue weighted by molar-refractivity contribution is -0.137. The molecule has 0 aromatic heterocycles. The number of hydrogen-bond acceptors (Lipinski definition) is 2. The maximum absolute atomic E-state index is 12.4. The molecule has 2 aromatic carbocycles. The molecule has 0 fully saturated rings. The molecule has 0 saturated heterocycles. The van der Waals surface area contributed by atoms with Crippen LogP contribution in [0.5, 0.6) is 0 Å². The molecule has 2 aromatic rings. The Hall–Kier alpha value is -1.62. The van der Waals surface area contributed by atoms with Crippen LogP contribution >= 0.6 is 11.8 Å². The van der Waals surface area contributed by atoms with E-state index in [-0.39, 0.29) is 0 Å². The molecule has 0 amide bonds. The molecule has 2 N–H and O–H groups in total. The van der Waals surface area contributed by atoms with Crippen LogP contribution in [0.4, 0.5) is 18.9 Å². The summed E-state index contributed by atoms with van der Waals surface area (Å²) in [5.41, 5.74) is 5.73. The molecule has 0 atom stereocenters. The third-order valence-electron chi connectivity index (χ3n) is 2.33. The number of alkyl halides is 3. The Morgan fingerprint density at radius 3 is 2.06 bits per heavy atom. The van der Waals surface area contributed by atoms with Crippen molar-refractivity contribution in [1.82, 2.24) is 0 Å². The summed E-state index contributed by atoms with van der Waals surface area (Å²) in [4.78, 5) is 1.55. The van der Waals surface area contributed by atoms with E-state index >= 15 is 0 Å². The first-order valence-corrected chi connectivity index (χ1v) is 5.98. The van der Waals surface area contributed by atoms with Crippen LogP contribution in [0.25, 0.3) is 0 Å². The minimum Gasteiger partial charge on any atom is -0.398 e. The van der Waals surface area contributed by atoms with Crippen LogP contribution in [0.2, 0.25) is 0 Å². The molecule has 0 bridgehead atoms. The van der Waals surface area contributed by atoms with E-state index in [9.17, 15) is 13.2 Å². The fraction of sp³-hybridized carbons (Fsp3) is 0.0769. The lowest BCUT2D eigenvalue weighted by atomic mass is 10.2. The molecule has 0 aliphatic heterocycles. The summed E-state index contributed by atoms with van der Waals surface area (Å²) in [6.45, 7) is 0. The van der Waals surface area contributed by atoms with Gasteiger partial charge < -0.3 is 5.73 Å². The average molecular weight is 269 g/mol. The second-order valence-electron chi connectivity index (χ2n) is 3.66. The van der Waals surface area contributed by atoms with Crippen molar-refractivity contribution in [2.75, 3.05) is 5.73 Å². The molecule has 0 aliphatic rings. The van der Waals surface area contributed by atoms with E-state index in [1.807, 2.05) is 18.2 Å². The summed E-state index contributed by atoms with van der Waals surface area (Å²) in [5, 5.41) is 0. The van der Waals surface area contributed by atoms with Crippen LogP contribution in [0.15, 0.2) is 58.3 Å². The summed E-state index contributed by atoms with van der Waals surface area (Å²) in [7, 11) is 0. The highest BCUT2D eigenvalue weighted by Crippen LogP contribution is 2.34. The third-order valence-corrected chi connectivity index (χ3v) is 3.43. The van der Waals surface area contributed by atoms with Gasteiger partial charge in [0.15, 0.2) is 0 Å². The van der Waals surface area contributed by atoms with Gasteiger partial charge in [-0.15, -0.1) is 0 Å². The smallest absolute Gasteiger partial charge is 0.398 e. The Balaban J connectivity index is 2.19. The third kappa shape index (κ3) is 2.98. The Morgan fingerprint density at radius 1 is 0.889 bits per heavy atom. The zero-order valence-corrected chi connectivity index (χ0v) is 10.1. The Morgan fingerprint density at radius 2 is 1.50 bits per heavy atom. The molecule has 18 heavy (non-hydrogen) atoms. The maximum Gasteiger partial charge on any atom is 0.416 e. The van der Waals surface area contributed by atoms with E-state index < -0.39 is 11.7 Å². The van der Waals surface area contributed by atoms with Gasteiger partial charge in [-0.1, -0.05) is 23.9 Å². The number of anilines is 1. The molecule has 0 spiro atoms. The van der Waals surface area contributed by atoms with Gasteiger partial charge in [-0.05, 0) is 36.4 Å². The highest BCUT2D eigenvalue weighted by molar-refractivity contribution is 7.99. The summed E-state index contributed by atoms with van der Waals surface area (Å²) in [6.07, 6.45) is -4.30. The minimum atomic E-state index is -4.30. The van der Waals surface area contributed by atoms with Crippen LogP contribution in [0.1, 0.15) is 5.56 Å². The van der Waals surface area contributed by atoms with Gasteiger partial charge in [-0.3, -0.25) is 0 Å². The van der Waals surface area contributed by atoms with E-state index in [0.29, 0.717) is 5.69 Å². The summed E-state index contributed by atoms with van der Waals surface area (Å²) >= 11 is 1.34. The number of halogens is 3. The molecule has 0 heterocycles. The molecule has 0 saturated carbocycles. The monoisotopic (exact) mass is 269 g/mol. The van der Waals surface area contributed by atoms with Crippen molar-refractivity contribution in [2.45, 2.75) is 16.0 Å². The van der Waals surface area contributed by atoms with Crippen LogP contribution in [-0.2, 0) is 6.18 Å². The summed E-state index contributed by atoms with van der Waals surface area (Å²) in [6, 6.07) is 12.3. The lowest BCUT2D eigenvalue weighted by Crippen LogP contribution is -2.03. The molecule has 5 heteroatoms. The normalized spacial score (nSPS) is 11.5. The first-order valence-electron chi connectivity index (χ1n) is 5.16. The van der Waals surface area contributed by atoms with Gasteiger partial charge in [-0.2, -0.15) is 13.2 Å². The topological polar surface area (TPSA) is 26.0 Å². The zero-order chi connectivity index (χ0) is 13.2. The van der Waals surface area contributed by atoms with Crippen LogP contribution < -0.4 is 5.73 Å². The maximum atomic E-state index is 12.4. The molecular weight excluding hydrogens is 259 g/mol. The van der Waals surface area contributed by atoms with Gasteiger partial charge >= 0.3 is 6.18 Å². The fourth-order valence-electron chi connectivity index (χ4n) is 1.41. The quantitative estimate of drug-likeness (QED) is 0.816. The molecule has 0 unspecified atom stereocenters. The lowest BCUT2D eigenvalue weighted by Gasteiger charge is -2.08. The largest absolute Gasteiger partial charge is 0.416 e. The van der Waals surface area contributed by atoms with Crippen molar-refractivity contribution in [2.24, 2.45) is 0 Å². The van der Waals surface area contributed by atoms with Gasteiger partial charge in [0.25, 0.3) is 0 Å². The van der Waals surface area contributed by atoms with Crippen molar-refractivity contribution in [1.29, 1.82) is 0 Å². The van der Waals surface area contributed by atoms with Crippen molar-refractivity contribution in [3.8, 4) is 0 Å². The number of nitrogens with two attached hydrogens (primary N) is 1. The van der Waals surface area contributed by atoms with E-state index in [4.69, 9.17) is 5.73 Å². The minimum absolute atomic E-state index is 0.613. The molecule has 2 rings (SSSR count). The highest BCUT2D eigenvalue weighted by Gasteiger charge is 2.29. The molecule has 94 valence electrons. The predicted molar refractivity (Wildman–Crippen MR) is 66.4 cm³/mol. The SMILES string of the molecule is Nc1ccccc1Sc1ccc(C(F)(F)F)cc1.